The fourth-order valence-electron chi connectivity index (χ4n) is 2.79. The Labute approximate surface area is 124 Å². The first-order valence-corrected chi connectivity index (χ1v) is 7.40. The van der Waals surface area contributed by atoms with Crippen LogP contribution in [0, 0.1) is 12.7 Å². The normalized spacial score (nSPS) is 16.0. The Kier molecular flexibility index (Phi) is 4.04. The highest BCUT2D eigenvalue weighted by Crippen LogP contribution is 2.23. The summed E-state index contributed by atoms with van der Waals surface area (Å²) in [6, 6.07) is 9.76. The number of nitrogens with one attached hydrogen (secondary N) is 1. The van der Waals surface area contributed by atoms with E-state index in [0.717, 1.165) is 31.5 Å². The van der Waals surface area contributed by atoms with Crippen molar-refractivity contribution < 1.29 is 4.39 Å². The van der Waals surface area contributed by atoms with Gasteiger partial charge in [-0.2, -0.15) is 0 Å². The van der Waals surface area contributed by atoms with Gasteiger partial charge in [-0.1, -0.05) is 6.07 Å². The topological polar surface area (TPSA) is 28.2 Å². The average Bonchev–Trinajstić information content (AvgIpc) is 2.52. The minimum Gasteiger partial charge on any atom is -0.380 e. The number of rotatable bonds is 3. The summed E-state index contributed by atoms with van der Waals surface area (Å²) < 4.78 is 13.9. The van der Waals surface area contributed by atoms with Crippen LogP contribution in [0.15, 0.2) is 42.7 Å². The highest BCUT2D eigenvalue weighted by molar-refractivity contribution is 5.48. The number of nitrogens with zero attached hydrogens (tertiary/aromatic N) is 2. The van der Waals surface area contributed by atoms with Gasteiger partial charge in [-0.05, 0) is 49.6 Å². The van der Waals surface area contributed by atoms with E-state index in [1.165, 1.54) is 5.69 Å². The van der Waals surface area contributed by atoms with Crippen molar-refractivity contribution in [3.8, 4) is 0 Å². The SMILES string of the molecule is Cc1ccc(NC2CCN(c3ccncc3)CC2)c(F)c1. The molecule has 3 nitrogen and oxygen atoms in total. The predicted octanol–water partition coefficient (Wildman–Crippen LogP) is 3.61. The van der Waals surface area contributed by atoms with Crippen molar-refractivity contribution in [3.05, 3.63) is 54.1 Å². The Balaban J connectivity index is 1.59. The summed E-state index contributed by atoms with van der Waals surface area (Å²) in [5.74, 6) is -0.161. The predicted molar refractivity (Wildman–Crippen MR) is 84.2 cm³/mol. The summed E-state index contributed by atoms with van der Waals surface area (Å²) in [4.78, 5) is 6.40. The Morgan fingerprint density at radius 2 is 1.86 bits per heavy atom. The van der Waals surface area contributed by atoms with Gasteiger partial charge in [0.25, 0.3) is 0 Å². The van der Waals surface area contributed by atoms with Crippen molar-refractivity contribution >= 4 is 11.4 Å². The highest BCUT2D eigenvalue weighted by Gasteiger charge is 2.20. The molecule has 3 rings (SSSR count). The number of anilines is 2. The first-order chi connectivity index (χ1) is 10.2. The molecule has 1 N–H and O–H groups in total. The van der Waals surface area contributed by atoms with Gasteiger partial charge >= 0.3 is 0 Å². The van der Waals surface area contributed by atoms with Crippen molar-refractivity contribution in [1.29, 1.82) is 0 Å². The zero-order valence-electron chi connectivity index (χ0n) is 12.2. The van der Waals surface area contributed by atoms with E-state index in [4.69, 9.17) is 0 Å². The van der Waals surface area contributed by atoms with E-state index in [1.807, 2.05) is 43.6 Å². The van der Waals surface area contributed by atoms with Crippen LogP contribution in [-0.2, 0) is 0 Å². The molecular formula is C17H20FN3. The van der Waals surface area contributed by atoms with Gasteiger partial charge in [0.1, 0.15) is 5.82 Å². The first-order valence-electron chi connectivity index (χ1n) is 7.40. The molecule has 110 valence electrons. The molecule has 1 fully saturated rings. The van der Waals surface area contributed by atoms with E-state index in [9.17, 15) is 4.39 Å². The molecule has 1 aromatic heterocycles. The third kappa shape index (κ3) is 3.32. The first kappa shape index (κ1) is 13.9. The minimum absolute atomic E-state index is 0.161. The quantitative estimate of drug-likeness (QED) is 0.933. The van der Waals surface area contributed by atoms with Crippen molar-refractivity contribution in [1.82, 2.24) is 4.98 Å². The maximum absolute atomic E-state index is 13.9. The molecule has 1 aromatic carbocycles. The molecule has 21 heavy (non-hydrogen) atoms. The molecule has 1 aliphatic heterocycles. The lowest BCUT2D eigenvalue weighted by molar-refractivity contribution is 0.522. The maximum atomic E-state index is 13.9. The van der Waals surface area contributed by atoms with Crippen LogP contribution in [-0.4, -0.2) is 24.1 Å². The number of aryl methyl sites for hydroxylation is 1. The fraction of sp³-hybridized carbons (Fsp3) is 0.353. The molecule has 1 aliphatic rings. The summed E-state index contributed by atoms with van der Waals surface area (Å²) in [6.07, 6.45) is 5.66. The van der Waals surface area contributed by atoms with Crippen LogP contribution in [0.1, 0.15) is 18.4 Å². The van der Waals surface area contributed by atoms with Crippen LogP contribution < -0.4 is 10.2 Å². The highest BCUT2D eigenvalue weighted by atomic mass is 19.1. The third-order valence-electron chi connectivity index (χ3n) is 4.01. The van der Waals surface area contributed by atoms with E-state index in [2.05, 4.69) is 15.2 Å². The van der Waals surface area contributed by atoms with E-state index >= 15 is 0 Å². The number of hydrogen-bond acceptors (Lipinski definition) is 3. The largest absolute Gasteiger partial charge is 0.380 e. The molecule has 0 radical (unpaired) electrons. The second kappa shape index (κ2) is 6.12. The minimum atomic E-state index is -0.161. The van der Waals surface area contributed by atoms with Crippen molar-refractivity contribution in [2.45, 2.75) is 25.8 Å². The van der Waals surface area contributed by atoms with Crippen LogP contribution in [0.3, 0.4) is 0 Å². The molecule has 4 heteroatoms. The second-order valence-electron chi connectivity index (χ2n) is 5.59. The van der Waals surface area contributed by atoms with E-state index in [1.54, 1.807) is 6.07 Å². The summed E-state index contributed by atoms with van der Waals surface area (Å²) in [5.41, 5.74) is 2.78. The number of pyridine rings is 1. The molecule has 0 saturated carbocycles. The maximum Gasteiger partial charge on any atom is 0.146 e. The molecule has 0 unspecified atom stereocenters. The Bertz CT molecular complexity index is 592. The lowest BCUT2D eigenvalue weighted by atomic mass is 10.0. The number of halogens is 1. The van der Waals surface area contributed by atoms with Crippen LogP contribution >= 0.6 is 0 Å². The van der Waals surface area contributed by atoms with Crippen LogP contribution in [0.2, 0.25) is 0 Å². The van der Waals surface area contributed by atoms with Gasteiger partial charge in [-0.25, -0.2) is 4.39 Å². The summed E-state index contributed by atoms with van der Waals surface area (Å²) in [5, 5.41) is 3.33. The lowest BCUT2D eigenvalue weighted by Crippen LogP contribution is -2.39. The standard InChI is InChI=1S/C17H20FN3/c1-13-2-3-17(16(18)12-13)20-14-6-10-21(11-7-14)15-4-8-19-9-5-15/h2-5,8-9,12,14,20H,6-7,10-11H2,1H3. The smallest absolute Gasteiger partial charge is 0.146 e. The zero-order chi connectivity index (χ0) is 14.7. The van der Waals surface area contributed by atoms with E-state index in [0.29, 0.717) is 11.7 Å². The Morgan fingerprint density at radius 3 is 2.52 bits per heavy atom. The van der Waals surface area contributed by atoms with Gasteiger partial charge in [0.05, 0.1) is 5.69 Å². The Hall–Kier alpha value is -2.10. The number of aromatic nitrogens is 1. The van der Waals surface area contributed by atoms with Gasteiger partial charge in [0.15, 0.2) is 0 Å². The van der Waals surface area contributed by atoms with Gasteiger partial charge in [0, 0.05) is 37.2 Å². The van der Waals surface area contributed by atoms with Crippen molar-refractivity contribution in [2.75, 3.05) is 23.3 Å². The van der Waals surface area contributed by atoms with Gasteiger partial charge < -0.3 is 10.2 Å². The zero-order valence-corrected chi connectivity index (χ0v) is 12.2. The molecule has 2 heterocycles. The molecule has 0 bridgehead atoms. The fourth-order valence-corrected chi connectivity index (χ4v) is 2.79. The summed E-state index contributed by atoms with van der Waals surface area (Å²) in [7, 11) is 0. The molecular weight excluding hydrogens is 265 g/mol. The van der Waals surface area contributed by atoms with Crippen molar-refractivity contribution in [2.24, 2.45) is 0 Å². The average molecular weight is 285 g/mol. The lowest BCUT2D eigenvalue weighted by Gasteiger charge is -2.34. The van der Waals surface area contributed by atoms with Gasteiger partial charge in [-0.15, -0.1) is 0 Å². The van der Waals surface area contributed by atoms with Gasteiger partial charge in [-0.3, -0.25) is 4.98 Å². The van der Waals surface area contributed by atoms with Crippen LogP contribution in [0.4, 0.5) is 15.8 Å². The second-order valence-corrected chi connectivity index (χ2v) is 5.59. The summed E-state index contributed by atoms with van der Waals surface area (Å²) in [6.45, 7) is 3.87. The third-order valence-corrected chi connectivity index (χ3v) is 4.01. The number of piperidine rings is 1. The molecule has 0 atom stereocenters. The molecule has 0 amide bonds. The number of benzene rings is 1. The molecule has 0 aliphatic carbocycles. The van der Waals surface area contributed by atoms with Crippen LogP contribution in [0.5, 0.6) is 0 Å². The van der Waals surface area contributed by atoms with Crippen molar-refractivity contribution in [3.63, 3.8) is 0 Å². The summed E-state index contributed by atoms with van der Waals surface area (Å²) >= 11 is 0. The number of hydrogen-bond donors (Lipinski definition) is 1. The van der Waals surface area contributed by atoms with Crippen LogP contribution in [0.25, 0.3) is 0 Å². The molecule has 1 saturated heterocycles. The Morgan fingerprint density at radius 1 is 1.14 bits per heavy atom. The molecule has 0 spiro atoms. The monoisotopic (exact) mass is 285 g/mol. The van der Waals surface area contributed by atoms with Gasteiger partial charge in [0.2, 0.25) is 0 Å². The van der Waals surface area contributed by atoms with E-state index < -0.39 is 0 Å². The molecule has 2 aromatic rings. The van der Waals surface area contributed by atoms with E-state index in [-0.39, 0.29) is 5.82 Å².